The number of hydrogen-bond acceptors (Lipinski definition) is 4. The van der Waals surface area contributed by atoms with Crippen LogP contribution in [-0.2, 0) is 10.0 Å². The Balaban J connectivity index is 1.91. The Labute approximate surface area is 125 Å². The van der Waals surface area contributed by atoms with Crippen LogP contribution in [0.2, 0.25) is 5.02 Å². The van der Waals surface area contributed by atoms with Crippen LogP contribution < -0.4 is 10.5 Å². The largest absolute Gasteiger partial charge is 0.397 e. The Morgan fingerprint density at radius 2 is 1.95 bits per heavy atom. The Bertz CT molecular complexity index is 557. The van der Waals surface area contributed by atoms with E-state index in [9.17, 15) is 8.42 Å². The van der Waals surface area contributed by atoms with E-state index in [4.69, 9.17) is 17.3 Å². The Hall–Kier alpha value is -0.820. The van der Waals surface area contributed by atoms with E-state index in [-0.39, 0.29) is 10.6 Å². The van der Waals surface area contributed by atoms with Gasteiger partial charge in [-0.3, -0.25) is 0 Å². The molecule has 1 saturated heterocycles. The van der Waals surface area contributed by atoms with Crippen LogP contribution in [0.15, 0.2) is 23.1 Å². The van der Waals surface area contributed by atoms with E-state index in [1.54, 1.807) is 0 Å². The first-order valence-corrected chi connectivity index (χ1v) is 8.62. The summed E-state index contributed by atoms with van der Waals surface area (Å²) >= 11 is 5.79. The van der Waals surface area contributed by atoms with Crippen molar-refractivity contribution in [2.45, 2.75) is 24.2 Å². The fraction of sp³-hybridized carbons (Fsp3) is 0.538. The summed E-state index contributed by atoms with van der Waals surface area (Å²) < 4.78 is 26.8. The molecule has 0 aliphatic carbocycles. The number of anilines is 1. The Morgan fingerprint density at radius 3 is 2.60 bits per heavy atom. The van der Waals surface area contributed by atoms with Gasteiger partial charge in [0, 0.05) is 13.1 Å². The average Bonchev–Trinajstić information content (AvgIpc) is 2.43. The smallest absolute Gasteiger partial charge is 0.240 e. The number of hydrogen-bond donors (Lipinski definition) is 2. The number of piperidine rings is 1. The number of likely N-dealkylation sites (tertiary alicyclic amines) is 1. The van der Waals surface area contributed by atoms with Crippen LogP contribution in [0, 0.1) is 0 Å². The van der Waals surface area contributed by atoms with E-state index in [0.717, 1.165) is 19.6 Å². The van der Waals surface area contributed by atoms with E-state index in [0.29, 0.717) is 11.6 Å². The minimum Gasteiger partial charge on any atom is -0.397 e. The SMILES string of the molecule is Nc1cc(S(=O)(=O)NCCN2CCCCC2)ccc1Cl. The maximum absolute atomic E-state index is 12.1. The van der Waals surface area contributed by atoms with Crippen LogP contribution in [0.5, 0.6) is 0 Å². The third-order valence-electron chi connectivity index (χ3n) is 3.45. The molecule has 0 atom stereocenters. The summed E-state index contributed by atoms with van der Waals surface area (Å²) in [5.74, 6) is 0. The molecule has 1 aliphatic heterocycles. The van der Waals surface area contributed by atoms with Crippen molar-refractivity contribution in [3.05, 3.63) is 23.2 Å². The molecule has 0 saturated carbocycles. The van der Waals surface area contributed by atoms with E-state index < -0.39 is 10.0 Å². The number of nitrogens with one attached hydrogen (secondary N) is 1. The Kier molecular flexibility index (Phi) is 5.26. The molecule has 0 spiro atoms. The van der Waals surface area contributed by atoms with Gasteiger partial charge in [-0.05, 0) is 44.1 Å². The van der Waals surface area contributed by atoms with E-state index >= 15 is 0 Å². The number of sulfonamides is 1. The normalized spacial score (nSPS) is 17.2. The van der Waals surface area contributed by atoms with Gasteiger partial charge in [-0.1, -0.05) is 18.0 Å². The maximum Gasteiger partial charge on any atom is 0.240 e. The van der Waals surface area contributed by atoms with Gasteiger partial charge < -0.3 is 10.6 Å². The fourth-order valence-corrected chi connectivity index (χ4v) is 3.47. The molecule has 2 rings (SSSR count). The maximum atomic E-state index is 12.1. The molecule has 112 valence electrons. The lowest BCUT2D eigenvalue weighted by Crippen LogP contribution is -2.37. The van der Waals surface area contributed by atoms with Crippen molar-refractivity contribution in [1.29, 1.82) is 0 Å². The lowest BCUT2D eigenvalue weighted by atomic mass is 10.1. The number of benzene rings is 1. The van der Waals surface area contributed by atoms with Gasteiger partial charge in [0.25, 0.3) is 0 Å². The summed E-state index contributed by atoms with van der Waals surface area (Å²) in [6.45, 7) is 3.25. The van der Waals surface area contributed by atoms with Crippen molar-refractivity contribution >= 4 is 27.3 Å². The third kappa shape index (κ3) is 4.09. The molecule has 0 radical (unpaired) electrons. The molecule has 1 aromatic carbocycles. The van der Waals surface area contributed by atoms with Crippen molar-refractivity contribution < 1.29 is 8.42 Å². The van der Waals surface area contributed by atoms with Crippen molar-refractivity contribution in [3.63, 3.8) is 0 Å². The number of nitrogen functional groups attached to an aromatic ring is 1. The minimum atomic E-state index is -3.52. The van der Waals surface area contributed by atoms with Gasteiger partial charge in [-0.25, -0.2) is 13.1 Å². The van der Waals surface area contributed by atoms with E-state index in [1.807, 2.05) is 0 Å². The van der Waals surface area contributed by atoms with Crippen LogP contribution in [0.3, 0.4) is 0 Å². The highest BCUT2D eigenvalue weighted by atomic mass is 35.5. The summed E-state index contributed by atoms with van der Waals surface area (Å²) in [5, 5.41) is 0.359. The van der Waals surface area contributed by atoms with Crippen molar-refractivity contribution in [2.24, 2.45) is 0 Å². The summed E-state index contributed by atoms with van der Waals surface area (Å²) in [6, 6.07) is 4.34. The zero-order valence-electron chi connectivity index (χ0n) is 11.3. The van der Waals surface area contributed by atoms with Crippen LogP contribution in [0.1, 0.15) is 19.3 Å². The highest BCUT2D eigenvalue weighted by Gasteiger charge is 2.16. The van der Waals surface area contributed by atoms with Crippen LogP contribution in [0.4, 0.5) is 5.69 Å². The molecule has 0 bridgehead atoms. The van der Waals surface area contributed by atoms with Crippen molar-refractivity contribution in [3.8, 4) is 0 Å². The summed E-state index contributed by atoms with van der Waals surface area (Å²) in [4.78, 5) is 2.43. The van der Waals surface area contributed by atoms with Crippen molar-refractivity contribution in [2.75, 3.05) is 31.9 Å². The van der Waals surface area contributed by atoms with Gasteiger partial charge in [0.05, 0.1) is 15.6 Å². The number of halogens is 1. The molecule has 3 N–H and O–H groups in total. The fourth-order valence-electron chi connectivity index (χ4n) is 2.29. The highest BCUT2D eigenvalue weighted by molar-refractivity contribution is 7.89. The summed E-state index contributed by atoms with van der Waals surface area (Å²) in [6.07, 6.45) is 3.66. The average molecular weight is 318 g/mol. The Morgan fingerprint density at radius 1 is 1.25 bits per heavy atom. The molecule has 7 heteroatoms. The van der Waals surface area contributed by atoms with Gasteiger partial charge in [-0.2, -0.15) is 0 Å². The molecule has 1 aliphatic rings. The topological polar surface area (TPSA) is 75.4 Å². The lowest BCUT2D eigenvalue weighted by molar-refractivity contribution is 0.233. The molecule has 1 fully saturated rings. The van der Waals surface area contributed by atoms with Gasteiger partial charge in [0.1, 0.15) is 0 Å². The summed E-state index contributed by atoms with van der Waals surface area (Å²) in [5.41, 5.74) is 5.90. The van der Waals surface area contributed by atoms with Gasteiger partial charge in [0.2, 0.25) is 10.0 Å². The molecule has 0 unspecified atom stereocenters. The van der Waals surface area contributed by atoms with Crippen LogP contribution in [0.25, 0.3) is 0 Å². The highest BCUT2D eigenvalue weighted by Crippen LogP contribution is 2.22. The van der Waals surface area contributed by atoms with Gasteiger partial charge >= 0.3 is 0 Å². The molecule has 1 aromatic rings. The van der Waals surface area contributed by atoms with Crippen LogP contribution in [-0.4, -0.2) is 39.5 Å². The lowest BCUT2D eigenvalue weighted by Gasteiger charge is -2.26. The molecule has 1 heterocycles. The standard InChI is InChI=1S/C13H20ClN3O2S/c14-12-5-4-11(10-13(12)15)20(18,19)16-6-9-17-7-2-1-3-8-17/h4-5,10,16H,1-3,6-9,15H2. The number of nitrogens with two attached hydrogens (primary N) is 1. The van der Waals surface area contributed by atoms with Gasteiger partial charge in [-0.15, -0.1) is 0 Å². The zero-order chi connectivity index (χ0) is 14.6. The molecule has 0 aromatic heterocycles. The second-order valence-corrected chi connectivity index (χ2v) is 7.16. The predicted octanol–water partition coefficient (Wildman–Crippen LogP) is 1.69. The molecular formula is C13H20ClN3O2S. The quantitative estimate of drug-likeness (QED) is 0.810. The first-order valence-electron chi connectivity index (χ1n) is 6.76. The van der Waals surface area contributed by atoms with E-state index in [1.165, 1.54) is 37.5 Å². The number of nitrogens with zero attached hydrogens (tertiary/aromatic N) is 1. The molecule has 5 nitrogen and oxygen atoms in total. The molecule has 0 amide bonds. The van der Waals surface area contributed by atoms with Crippen molar-refractivity contribution in [1.82, 2.24) is 9.62 Å². The second-order valence-electron chi connectivity index (χ2n) is 4.98. The third-order valence-corrected chi connectivity index (χ3v) is 5.25. The predicted molar refractivity (Wildman–Crippen MR) is 81.3 cm³/mol. The van der Waals surface area contributed by atoms with Crippen LogP contribution >= 0.6 is 11.6 Å². The number of rotatable bonds is 5. The first-order chi connectivity index (χ1) is 9.49. The molecule has 20 heavy (non-hydrogen) atoms. The first kappa shape index (κ1) is 15.6. The second kappa shape index (κ2) is 6.76. The minimum absolute atomic E-state index is 0.151. The summed E-state index contributed by atoms with van der Waals surface area (Å²) in [7, 11) is -3.52. The molecular weight excluding hydrogens is 298 g/mol. The zero-order valence-corrected chi connectivity index (χ0v) is 12.9. The van der Waals surface area contributed by atoms with E-state index in [2.05, 4.69) is 9.62 Å². The monoisotopic (exact) mass is 317 g/mol. The van der Waals surface area contributed by atoms with Gasteiger partial charge in [0.15, 0.2) is 0 Å².